The van der Waals surface area contributed by atoms with Gasteiger partial charge in [0.05, 0.1) is 5.69 Å². The number of nitrogens with two attached hydrogens (primary N) is 1. The molecule has 0 aromatic heterocycles. The molecule has 4 heteroatoms. The summed E-state index contributed by atoms with van der Waals surface area (Å²) in [6, 6.07) is 11.4. The molecule has 0 bridgehead atoms. The van der Waals surface area contributed by atoms with Gasteiger partial charge in [0.15, 0.2) is 11.6 Å². The van der Waals surface area contributed by atoms with Crippen molar-refractivity contribution in [1.29, 1.82) is 0 Å². The fourth-order valence-electron chi connectivity index (χ4n) is 1.42. The van der Waals surface area contributed by atoms with Crippen LogP contribution in [0.5, 0.6) is 5.75 Å². The van der Waals surface area contributed by atoms with E-state index in [9.17, 15) is 8.78 Å². The first kappa shape index (κ1) is 11.4. The minimum Gasteiger partial charge on any atom is -0.484 e. The molecule has 0 saturated heterocycles. The molecule has 2 rings (SSSR count). The molecule has 17 heavy (non-hydrogen) atoms. The quantitative estimate of drug-likeness (QED) is 0.829. The monoisotopic (exact) mass is 235 g/mol. The molecule has 0 aliphatic rings. The third-order valence-corrected chi connectivity index (χ3v) is 2.31. The van der Waals surface area contributed by atoms with E-state index < -0.39 is 11.6 Å². The number of halogens is 2. The van der Waals surface area contributed by atoms with Gasteiger partial charge >= 0.3 is 0 Å². The van der Waals surface area contributed by atoms with Crippen molar-refractivity contribution in [3.05, 3.63) is 59.7 Å². The maximum absolute atomic E-state index is 13.4. The summed E-state index contributed by atoms with van der Waals surface area (Å²) < 4.78 is 31.6. The Kier molecular flexibility index (Phi) is 3.23. The van der Waals surface area contributed by atoms with Crippen LogP contribution >= 0.6 is 0 Å². The van der Waals surface area contributed by atoms with Gasteiger partial charge in [0, 0.05) is 0 Å². The lowest BCUT2D eigenvalue weighted by Crippen LogP contribution is -2.02. The highest BCUT2D eigenvalue weighted by molar-refractivity contribution is 5.53. The normalized spacial score (nSPS) is 10.2. The minimum absolute atomic E-state index is 0.0832. The number of hydrogen-bond acceptors (Lipinski definition) is 2. The molecule has 88 valence electrons. The zero-order valence-corrected chi connectivity index (χ0v) is 8.99. The third-order valence-electron chi connectivity index (χ3n) is 2.31. The van der Waals surface area contributed by atoms with Crippen LogP contribution in [-0.2, 0) is 6.61 Å². The summed E-state index contributed by atoms with van der Waals surface area (Å²) in [5.41, 5.74) is 6.46. The Labute approximate surface area is 97.6 Å². The summed E-state index contributed by atoms with van der Waals surface area (Å²) in [5.74, 6) is -2.27. The van der Waals surface area contributed by atoms with Crippen molar-refractivity contribution in [3.8, 4) is 5.75 Å². The van der Waals surface area contributed by atoms with Crippen LogP contribution in [0, 0.1) is 11.6 Å². The van der Waals surface area contributed by atoms with Crippen LogP contribution < -0.4 is 10.5 Å². The van der Waals surface area contributed by atoms with Crippen molar-refractivity contribution in [3.63, 3.8) is 0 Å². The van der Waals surface area contributed by atoms with Crippen LogP contribution in [0.3, 0.4) is 0 Å². The summed E-state index contributed by atoms with van der Waals surface area (Å²) in [5, 5.41) is 0. The second-order valence-electron chi connectivity index (χ2n) is 3.55. The van der Waals surface area contributed by atoms with Crippen molar-refractivity contribution in [2.45, 2.75) is 6.61 Å². The molecular formula is C13H11F2NO. The van der Waals surface area contributed by atoms with E-state index in [2.05, 4.69) is 0 Å². The highest BCUT2D eigenvalue weighted by Crippen LogP contribution is 2.27. The van der Waals surface area contributed by atoms with Gasteiger partial charge in [-0.3, -0.25) is 0 Å². The predicted molar refractivity (Wildman–Crippen MR) is 61.5 cm³/mol. The van der Waals surface area contributed by atoms with Crippen LogP contribution in [0.4, 0.5) is 14.5 Å². The minimum atomic E-state index is -1.05. The van der Waals surface area contributed by atoms with Gasteiger partial charge in [-0.1, -0.05) is 30.3 Å². The molecule has 0 heterocycles. The summed E-state index contributed by atoms with van der Waals surface area (Å²) in [6.07, 6.45) is 0. The second-order valence-corrected chi connectivity index (χ2v) is 3.55. The van der Waals surface area contributed by atoms with Crippen LogP contribution in [0.2, 0.25) is 0 Å². The zero-order chi connectivity index (χ0) is 12.3. The van der Waals surface area contributed by atoms with Gasteiger partial charge in [0.25, 0.3) is 0 Å². The van der Waals surface area contributed by atoms with E-state index in [1.807, 2.05) is 30.3 Å². The van der Waals surface area contributed by atoms with Crippen LogP contribution in [0.15, 0.2) is 42.5 Å². The van der Waals surface area contributed by atoms with E-state index in [-0.39, 0.29) is 18.0 Å². The number of nitrogen functional groups attached to an aromatic ring is 1. The topological polar surface area (TPSA) is 35.2 Å². The average molecular weight is 235 g/mol. The van der Waals surface area contributed by atoms with Crippen molar-refractivity contribution in [2.75, 3.05) is 5.73 Å². The zero-order valence-electron chi connectivity index (χ0n) is 8.99. The van der Waals surface area contributed by atoms with E-state index in [0.29, 0.717) is 0 Å². The van der Waals surface area contributed by atoms with Crippen molar-refractivity contribution in [2.24, 2.45) is 0 Å². The number of ether oxygens (including phenoxy) is 1. The predicted octanol–water partition coefficient (Wildman–Crippen LogP) is 3.13. The molecule has 2 N–H and O–H groups in total. The van der Waals surface area contributed by atoms with E-state index in [1.54, 1.807) is 0 Å². The lowest BCUT2D eigenvalue weighted by Gasteiger charge is -2.10. The molecule has 0 unspecified atom stereocenters. The van der Waals surface area contributed by atoms with Gasteiger partial charge in [-0.05, 0) is 17.7 Å². The first-order chi connectivity index (χ1) is 8.18. The molecule has 0 aliphatic heterocycles. The van der Waals surface area contributed by atoms with Gasteiger partial charge in [0.2, 0.25) is 5.82 Å². The fraction of sp³-hybridized carbons (Fsp3) is 0.0769. The molecule has 2 aromatic rings. The maximum atomic E-state index is 13.4. The smallest absolute Gasteiger partial charge is 0.202 e. The number of rotatable bonds is 3. The SMILES string of the molecule is Nc1ccc(F)c(F)c1OCc1ccccc1. The molecule has 0 radical (unpaired) electrons. The second kappa shape index (κ2) is 4.82. The summed E-state index contributed by atoms with van der Waals surface area (Å²) >= 11 is 0. The van der Waals surface area contributed by atoms with Gasteiger partial charge in [-0.2, -0.15) is 4.39 Å². The number of anilines is 1. The molecule has 0 amide bonds. The molecular weight excluding hydrogens is 224 g/mol. The van der Waals surface area contributed by atoms with Gasteiger partial charge in [0.1, 0.15) is 6.61 Å². The molecule has 0 saturated carbocycles. The molecule has 0 fully saturated rings. The van der Waals surface area contributed by atoms with Crippen LogP contribution in [0.1, 0.15) is 5.56 Å². The molecule has 0 aliphatic carbocycles. The fourth-order valence-corrected chi connectivity index (χ4v) is 1.42. The Morgan fingerprint density at radius 3 is 2.41 bits per heavy atom. The molecule has 2 aromatic carbocycles. The largest absolute Gasteiger partial charge is 0.484 e. The number of hydrogen-bond donors (Lipinski definition) is 1. The van der Waals surface area contributed by atoms with Crippen molar-refractivity contribution in [1.82, 2.24) is 0 Å². The first-order valence-corrected chi connectivity index (χ1v) is 5.08. The van der Waals surface area contributed by atoms with E-state index in [0.717, 1.165) is 11.6 Å². The first-order valence-electron chi connectivity index (χ1n) is 5.08. The Morgan fingerprint density at radius 2 is 1.71 bits per heavy atom. The molecule has 0 spiro atoms. The van der Waals surface area contributed by atoms with Gasteiger partial charge in [-0.25, -0.2) is 4.39 Å². The van der Waals surface area contributed by atoms with Gasteiger partial charge in [-0.15, -0.1) is 0 Å². The highest BCUT2D eigenvalue weighted by atomic mass is 19.2. The summed E-state index contributed by atoms with van der Waals surface area (Å²) in [7, 11) is 0. The lowest BCUT2D eigenvalue weighted by molar-refractivity contribution is 0.286. The van der Waals surface area contributed by atoms with Crippen molar-refractivity contribution < 1.29 is 13.5 Å². The standard InChI is InChI=1S/C13H11F2NO/c14-10-6-7-11(16)13(12(10)15)17-8-9-4-2-1-3-5-9/h1-7H,8,16H2. The molecule has 2 nitrogen and oxygen atoms in total. The van der Waals surface area contributed by atoms with E-state index in [1.165, 1.54) is 6.07 Å². The Morgan fingerprint density at radius 1 is 1.00 bits per heavy atom. The maximum Gasteiger partial charge on any atom is 0.202 e. The Balaban J connectivity index is 2.17. The van der Waals surface area contributed by atoms with E-state index >= 15 is 0 Å². The lowest BCUT2D eigenvalue weighted by atomic mass is 10.2. The number of benzene rings is 2. The Bertz CT molecular complexity index is 514. The average Bonchev–Trinajstić information content (AvgIpc) is 2.35. The van der Waals surface area contributed by atoms with E-state index in [4.69, 9.17) is 10.5 Å². The summed E-state index contributed by atoms with van der Waals surface area (Å²) in [6.45, 7) is 0.144. The third kappa shape index (κ3) is 2.53. The summed E-state index contributed by atoms with van der Waals surface area (Å²) in [4.78, 5) is 0. The van der Waals surface area contributed by atoms with Crippen molar-refractivity contribution >= 4 is 5.69 Å². The van der Waals surface area contributed by atoms with Gasteiger partial charge < -0.3 is 10.5 Å². The molecule has 0 atom stereocenters. The van der Waals surface area contributed by atoms with Crippen LogP contribution in [0.25, 0.3) is 0 Å². The Hall–Kier alpha value is -2.10. The highest BCUT2D eigenvalue weighted by Gasteiger charge is 2.13. The van der Waals surface area contributed by atoms with Crippen LogP contribution in [-0.4, -0.2) is 0 Å².